The van der Waals surface area contributed by atoms with Crippen LogP contribution in [-0.4, -0.2) is 74.7 Å². The number of nitrogens with zero attached hydrogens (tertiary/aromatic N) is 3. The number of hydrogen-bond donors (Lipinski definition) is 0. The van der Waals surface area contributed by atoms with Crippen LogP contribution >= 0.6 is 0 Å². The minimum atomic E-state index is -4.75. The molecule has 1 unspecified atom stereocenters. The molecule has 2 aliphatic rings. The molecule has 0 aliphatic carbocycles. The molecule has 0 aromatic heterocycles. The quantitative estimate of drug-likeness (QED) is 0.712. The Morgan fingerprint density at radius 1 is 1.07 bits per heavy atom. The molecule has 0 radical (unpaired) electrons. The number of hydrogen-bond acceptors (Lipinski definition) is 4. The van der Waals surface area contributed by atoms with Gasteiger partial charge in [-0.25, -0.2) is 8.42 Å². The average molecular weight is 448 g/mol. The number of benzene rings is 1. The topological polar surface area (TPSA) is 60.9 Å². The minimum absolute atomic E-state index is 0.0225. The van der Waals surface area contributed by atoms with E-state index in [4.69, 9.17) is 0 Å². The number of halogens is 3. The maximum atomic E-state index is 13.3. The second kappa shape index (κ2) is 8.84. The molecule has 1 aromatic rings. The number of alkyl halides is 3. The van der Waals surface area contributed by atoms with Crippen LogP contribution in [0.5, 0.6) is 0 Å². The van der Waals surface area contributed by atoms with Gasteiger partial charge >= 0.3 is 6.18 Å². The van der Waals surface area contributed by atoms with Crippen molar-refractivity contribution in [3.63, 3.8) is 0 Å². The highest BCUT2D eigenvalue weighted by molar-refractivity contribution is 7.89. The third kappa shape index (κ3) is 4.81. The molecule has 0 saturated carbocycles. The van der Waals surface area contributed by atoms with Crippen LogP contribution in [-0.2, 0) is 21.0 Å². The van der Waals surface area contributed by atoms with Crippen molar-refractivity contribution < 1.29 is 26.4 Å². The van der Waals surface area contributed by atoms with Crippen molar-refractivity contribution in [2.24, 2.45) is 5.92 Å². The smallest absolute Gasteiger partial charge is 0.341 e. The van der Waals surface area contributed by atoms with Gasteiger partial charge in [-0.2, -0.15) is 17.5 Å². The molecule has 0 N–H and O–H groups in total. The lowest BCUT2D eigenvalue weighted by atomic mass is 9.94. The van der Waals surface area contributed by atoms with Crippen LogP contribution in [0.2, 0.25) is 0 Å². The molecular formula is C20H28F3N3O3S. The molecule has 0 spiro atoms. The van der Waals surface area contributed by atoms with Gasteiger partial charge in [0.2, 0.25) is 15.9 Å². The standard InChI is InChI=1S/C20H28F3N3O3S/c1-24(2)16-6-5-11-25(14-16)19(27)15-9-12-26(13-10-15)30(28,29)18-8-4-3-7-17(18)20(21,22)23/h3-4,7-8,15-16H,5-6,9-14H2,1-2H3. The summed E-state index contributed by atoms with van der Waals surface area (Å²) in [7, 11) is -0.314. The van der Waals surface area contributed by atoms with E-state index < -0.39 is 26.7 Å². The van der Waals surface area contributed by atoms with Crippen LogP contribution in [0.15, 0.2) is 29.2 Å². The van der Waals surface area contributed by atoms with Crippen LogP contribution in [0.3, 0.4) is 0 Å². The average Bonchev–Trinajstić information content (AvgIpc) is 2.72. The van der Waals surface area contributed by atoms with E-state index in [1.165, 1.54) is 12.1 Å². The monoisotopic (exact) mass is 447 g/mol. The van der Waals surface area contributed by atoms with Crippen LogP contribution < -0.4 is 0 Å². The number of likely N-dealkylation sites (N-methyl/N-ethyl adjacent to an activating group) is 1. The Morgan fingerprint density at radius 2 is 1.70 bits per heavy atom. The third-order valence-corrected chi connectivity index (χ3v) is 8.01. The van der Waals surface area contributed by atoms with Crippen molar-refractivity contribution >= 4 is 15.9 Å². The molecule has 2 saturated heterocycles. The Kier molecular flexibility index (Phi) is 6.78. The first kappa shape index (κ1) is 23.0. The molecule has 3 rings (SSSR count). The van der Waals surface area contributed by atoms with Gasteiger partial charge in [0.05, 0.1) is 10.5 Å². The van der Waals surface area contributed by atoms with Crippen LogP contribution in [0.1, 0.15) is 31.2 Å². The summed E-state index contributed by atoms with van der Waals surface area (Å²) in [5.41, 5.74) is -1.16. The van der Waals surface area contributed by atoms with Crippen molar-refractivity contribution in [1.82, 2.24) is 14.1 Å². The zero-order valence-corrected chi connectivity index (χ0v) is 18.0. The Labute approximate surface area is 175 Å². The molecular weight excluding hydrogens is 419 g/mol. The Bertz CT molecular complexity index is 866. The van der Waals surface area contributed by atoms with Crippen molar-refractivity contribution in [3.05, 3.63) is 29.8 Å². The van der Waals surface area contributed by atoms with Gasteiger partial charge in [-0.1, -0.05) is 12.1 Å². The molecule has 2 heterocycles. The normalized spacial score (nSPS) is 22.5. The summed E-state index contributed by atoms with van der Waals surface area (Å²) in [5, 5.41) is 0. The highest BCUT2D eigenvalue weighted by Gasteiger charge is 2.40. The first-order chi connectivity index (χ1) is 14.0. The number of rotatable bonds is 4. The maximum absolute atomic E-state index is 13.3. The van der Waals surface area contributed by atoms with E-state index in [-0.39, 0.29) is 24.9 Å². The highest BCUT2D eigenvalue weighted by atomic mass is 32.2. The van der Waals surface area contributed by atoms with E-state index in [0.717, 1.165) is 29.3 Å². The van der Waals surface area contributed by atoms with Gasteiger partial charge in [0.15, 0.2) is 0 Å². The number of piperidine rings is 2. The van der Waals surface area contributed by atoms with Crippen molar-refractivity contribution in [2.75, 3.05) is 40.3 Å². The zero-order valence-electron chi connectivity index (χ0n) is 17.2. The summed E-state index contributed by atoms with van der Waals surface area (Å²) >= 11 is 0. The molecule has 30 heavy (non-hydrogen) atoms. The Balaban J connectivity index is 1.68. The van der Waals surface area contributed by atoms with E-state index in [1.807, 2.05) is 19.0 Å². The van der Waals surface area contributed by atoms with Gasteiger partial charge in [-0.05, 0) is 51.9 Å². The largest absolute Gasteiger partial charge is 0.417 e. The van der Waals surface area contributed by atoms with E-state index in [1.54, 1.807) is 0 Å². The van der Waals surface area contributed by atoms with E-state index in [2.05, 4.69) is 4.90 Å². The van der Waals surface area contributed by atoms with Gasteiger partial charge < -0.3 is 9.80 Å². The lowest BCUT2D eigenvalue weighted by molar-refractivity contribution is -0.140. The fourth-order valence-electron chi connectivity index (χ4n) is 4.24. The summed E-state index contributed by atoms with van der Waals surface area (Å²) in [4.78, 5) is 16.1. The molecule has 1 aromatic carbocycles. The second-order valence-corrected chi connectivity index (χ2v) is 10.1. The van der Waals surface area contributed by atoms with Gasteiger partial charge in [0, 0.05) is 38.1 Å². The fourth-order valence-corrected chi connectivity index (χ4v) is 5.92. The number of carbonyl (C=O) groups is 1. The zero-order chi connectivity index (χ0) is 22.1. The molecule has 2 aliphatic heterocycles. The van der Waals surface area contributed by atoms with E-state index in [9.17, 15) is 26.4 Å². The predicted octanol–water partition coefficient (Wildman–Crippen LogP) is 2.66. The first-order valence-electron chi connectivity index (χ1n) is 10.1. The van der Waals surface area contributed by atoms with Gasteiger partial charge in [-0.3, -0.25) is 4.79 Å². The summed E-state index contributed by atoms with van der Waals surface area (Å²) in [5.74, 6) is -0.274. The third-order valence-electron chi connectivity index (χ3n) is 6.05. The predicted molar refractivity (Wildman–Crippen MR) is 106 cm³/mol. The maximum Gasteiger partial charge on any atom is 0.417 e. The molecule has 10 heteroatoms. The number of amides is 1. The number of sulfonamides is 1. The molecule has 2 fully saturated rings. The molecule has 6 nitrogen and oxygen atoms in total. The van der Waals surface area contributed by atoms with Crippen LogP contribution in [0.4, 0.5) is 13.2 Å². The summed E-state index contributed by atoms with van der Waals surface area (Å²) < 4.78 is 66.6. The Morgan fingerprint density at radius 3 is 2.30 bits per heavy atom. The SMILES string of the molecule is CN(C)C1CCCN(C(=O)C2CCN(S(=O)(=O)c3ccccc3C(F)(F)F)CC2)C1. The summed E-state index contributed by atoms with van der Waals surface area (Å²) in [6.45, 7) is 1.43. The fraction of sp³-hybridized carbons (Fsp3) is 0.650. The van der Waals surface area contributed by atoms with Crippen LogP contribution in [0.25, 0.3) is 0 Å². The van der Waals surface area contributed by atoms with Crippen LogP contribution in [0, 0.1) is 5.92 Å². The molecule has 1 atom stereocenters. The summed E-state index contributed by atoms with van der Waals surface area (Å²) in [6, 6.07) is 4.54. The van der Waals surface area contributed by atoms with Gasteiger partial charge in [-0.15, -0.1) is 0 Å². The lowest BCUT2D eigenvalue weighted by Crippen LogP contribution is -2.51. The summed E-state index contributed by atoms with van der Waals surface area (Å²) in [6.07, 6.45) is -2.16. The Hall–Kier alpha value is -1.65. The van der Waals surface area contributed by atoms with Gasteiger partial charge in [0.25, 0.3) is 0 Å². The van der Waals surface area contributed by atoms with E-state index >= 15 is 0 Å². The molecule has 168 valence electrons. The van der Waals surface area contributed by atoms with Crippen molar-refractivity contribution in [3.8, 4) is 0 Å². The number of carbonyl (C=O) groups excluding carboxylic acids is 1. The van der Waals surface area contributed by atoms with Crippen molar-refractivity contribution in [2.45, 2.75) is 42.8 Å². The van der Waals surface area contributed by atoms with Crippen molar-refractivity contribution in [1.29, 1.82) is 0 Å². The molecule has 1 amide bonds. The molecule has 0 bridgehead atoms. The van der Waals surface area contributed by atoms with E-state index in [0.29, 0.717) is 32.0 Å². The highest BCUT2D eigenvalue weighted by Crippen LogP contribution is 2.36. The van der Waals surface area contributed by atoms with Gasteiger partial charge in [0.1, 0.15) is 0 Å². The first-order valence-corrected chi connectivity index (χ1v) is 11.6. The minimum Gasteiger partial charge on any atom is -0.341 e. The lowest BCUT2D eigenvalue weighted by Gasteiger charge is -2.39. The number of likely N-dealkylation sites (tertiary alicyclic amines) is 1. The second-order valence-electron chi connectivity index (χ2n) is 8.22.